The molecular formula is C35H41IO7. The van der Waals surface area contributed by atoms with Gasteiger partial charge in [0.25, 0.3) is 0 Å². The number of benzene rings is 3. The van der Waals surface area contributed by atoms with Gasteiger partial charge in [0, 0.05) is 19.4 Å². The third-order valence-electron chi connectivity index (χ3n) is 7.29. The summed E-state index contributed by atoms with van der Waals surface area (Å²) in [6.45, 7) is 12.5. The first-order valence-corrected chi connectivity index (χ1v) is 15.7. The van der Waals surface area contributed by atoms with Gasteiger partial charge in [-0.15, -0.1) is 6.58 Å². The summed E-state index contributed by atoms with van der Waals surface area (Å²) < 4.78 is 36.7. The zero-order valence-corrected chi connectivity index (χ0v) is 27.8. The van der Waals surface area contributed by atoms with E-state index in [2.05, 4.69) is 36.1 Å². The van der Waals surface area contributed by atoms with E-state index in [-0.39, 0.29) is 0 Å². The molecule has 0 saturated heterocycles. The van der Waals surface area contributed by atoms with Crippen LogP contribution >= 0.6 is 22.6 Å². The minimum atomic E-state index is -0.693. The third kappa shape index (κ3) is 8.52. The Morgan fingerprint density at radius 3 is 2.56 bits per heavy atom. The molecule has 8 heteroatoms. The van der Waals surface area contributed by atoms with Gasteiger partial charge in [-0.05, 0) is 83.8 Å². The monoisotopic (exact) mass is 700 g/mol. The number of unbranched alkanes of at least 4 members (excludes halogenated alkanes) is 2. The molecule has 0 unspecified atom stereocenters. The fraction of sp³-hybridized carbons (Fsp3) is 0.400. The highest BCUT2D eigenvalue weighted by molar-refractivity contribution is 14.1. The average molecular weight is 701 g/mol. The molecule has 0 aromatic heterocycles. The highest BCUT2D eigenvalue weighted by atomic mass is 127. The normalized spacial score (nSPS) is 15.0. The van der Waals surface area contributed by atoms with Gasteiger partial charge < -0.3 is 28.4 Å². The van der Waals surface area contributed by atoms with Gasteiger partial charge in [-0.25, -0.2) is 4.79 Å². The van der Waals surface area contributed by atoms with Gasteiger partial charge in [-0.1, -0.05) is 50.1 Å². The Morgan fingerprint density at radius 1 is 1.09 bits per heavy atom. The second-order valence-electron chi connectivity index (χ2n) is 11.0. The van der Waals surface area contributed by atoms with Crippen LogP contribution in [0.5, 0.6) is 23.0 Å². The number of methoxy groups -OCH3 is 1. The number of hydrogen-bond acceptors (Lipinski definition) is 7. The van der Waals surface area contributed by atoms with E-state index >= 15 is 0 Å². The van der Waals surface area contributed by atoms with Crippen LogP contribution < -0.4 is 14.2 Å². The molecule has 230 valence electrons. The number of rotatable bonds is 14. The van der Waals surface area contributed by atoms with E-state index in [9.17, 15) is 4.79 Å². The molecule has 1 heterocycles. The molecule has 43 heavy (non-hydrogen) atoms. The summed E-state index contributed by atoms with van der Waals surface area (Å²) in [5.74, 6) is 1.41. The van der Waals surface area contributed by atoms with E-state index in [1.54, 1.807) is 19.3 Å². The molecule has 4 rings (SSSR count). The molecule has 0 amide bonds. The van der Waals surface area contributed by atoms with Crippen LogP contribution in [0.3, 0.4) is 0 Å². The molecule has 2 atom stereocenters. The second kappa shape index (κ2) is 15.1. The van der Waals surface area contributed by atoms with Crippen LogP contribution in [0.4, 0.5) is 0 Å². The van der Waals surface area contributed by atoms with Crippen molar-refractivity contribution in [2.45, 2.75) is 84.6 Å². The van der Waals surface area contributed by atoms with Gasteiger partial charge in [0.2, 0.25) is 5.79 Å². The first-order valence-electron chi connectivity index (χ1n) is 14.7. The van der Waals surface area contributed by atoms with E-state index in [0.29, 0.717) is 36.7 Å². The molecular weight excluding hydrogens is 659 g/mol. The van der Waals surface area contributed by atoms with Crippen molar-refractivity contribution >= 4 is 28.6 Å². The van der Waals surface area contributed by atoms with Crippen LogP contribution in [0.2, 0.25) is 0 Å². The molecule has 0 radical (unpaired) electrons. The maximum atomic E-state index is 13.8. The molecule has 0 spiro atoms. The Labute approximate surface area is 268 Å². The molecule has 7 nitrogen and oxygen atoms in total. The molecule has 3 aromatic rings. The van der Waals surface area contributed by atoms with Crippen molar-refractivity contribution in [2.24, 2.45) is 0 Å². The number of carbonyl (C=O) groups excluding carboxylic acids is 1. The van der Waals surface area contributed by atoms with Crippen molar-refractivity contribution in [3.8, 4) is 23.0 Å². The van der Waals surface area contributed by atoms with E-state index in [0.717, 1.165) is 51.0 Å². The quantitative estimate of drug-likeness (QED) is 0.0720. The summed E-state index contributed by atoms with van der Waals surface area (Å²) in [6, 6.07) is 17.0. The molecule has 0 fully saturated rings. The minimum absolute atomic E-state index is 0.350. The van der Waals surface area contributed by atoms with Crippen LogP contribution in [0.25, 0.3) is 0 Å². The smallest absolute Gasteiger partial charge is 0.342 e. The molecule has 1 aliphatic rings. The van der Waals surface area contributed by atoms with Crippen LogP contribution in [0.15, 0.2) is 67.3 Å². The second-order valence-corrected chi connectivity index (χ2v) is 12.1. The zero-order valence-electron chi connectivity index (χ0n) is 25.6. The number of carbonyl (C=O) groups is 1. The lowest BCUT2D eigenvalue weighted by Crippen LogP contribution is -2.35. The Bertz CT molecular complexity index is 1400. The lowest BCUT2D eigenvalue weighted by Gasteiger charge is -2.33. The van der Waals surface area contributed by atoms with Crippen LogP contribution in [0, 0.1) is 10.5 Å². The summed E-state index contributed by atoms with van der Waals surface area (Å²) in [7, 11) is 1.64. The minimum Gasteiger partial charge on any atom is -0.497 e. The summed E-state index contributed by atoms with van der Waals surface area (Å²) >= 11 is 2.23. The van der Waals surface area contributed by atoms with Crippen molar-refractivity contribution in [2.75, 3.05) is 7.11 Å². The molecule has 0 aliphatic carbocycles. The van der Waals surface area contributed by atoms with Crippen LogP contribution in [0.1, 0.15) is 73.5 Å². The van der Waals surface area contributed by atoms with Crippen molar-refractivity contribution in [3.63, 3.8) is 0 Å². The van der Waals surface area contributed by atoms with E-state index < -0.39 is 24.0 Å². The maximum absolute atomic E-state index is 13.8. The molecule has 0 bridgehead atoms. The van der Waals surface area contributed by atoms with Gasteiger partial charge in [0.05, 0.1) is 23.9 Å². The van der Waals surface area contributed by atoms with Crippen molar-refractivity contribution in [3.05, 3.63) is 93.1 Å². The number of hydrogen-bond donors (Lipinski definition) is 0. The molecule has 0 saturated carbocycles. The lowest BCUT2D eigenvalue weighted by atomic mass is 10.0. The SMILES string of the molecule is C=C[C@@H](OCc1ccc(OC)cc1)[C@H](CCCCC)OC(=O)c1c(C)cccc1Oc1ccc2c(c1I)COC(C)(C)O2. The van der Waals surface area contributed by atoms with Crippen molar-refractivity contribution < 1.29 is 33.2 Å². The van der Waals surface area contributed by atoms with Crippen molar-refractivity contribution in [1.29, 1.82) is 0 Å². The average Bonchev–Trinajstić information content (AvgIpc) is 2.98. The molecule has 1 aliphatic heterocycles. The van der Waals surface area contributed by atoms with Gasteiger partial charge in [0.1, 0.15) is 40.8 Å². The largest absolute Gasteiger partial charge is 0.497 e. The predicted molar refractivity (Wildman–Crippen MR) is 175 cm³/mol. The Kier molecular flexibility index (Phi) is 11.5. The highest BCUT2D eigenvalue weighted by Gasteiger charge is 2.31. The van der Waals surface area contributed by atoms with E-state index in [1.165, 1.54) is 0 Å². The van der Waals surface area contributed by atoms with Gasteiger partial charge in [-0.3, -0.25) is 0 Å². The zero-order chi connectivity index (χ0) is 31.0. The highest BCUT2D eigenvalue weighted by Crippen LogP contribution is 2.40. The molecule has 0 N–H and O–H groups in total. The Balaban J connectivity index is 1.54. The number of aryl methyl sites for hydroxylation is 1. The Hall–Kier alpha value is -3.08. The summed E-state index contributed by atoms with van der Waals surface area (Å²) in [5.41, 5.74) is 3.03. The first-order chi connectivity index (χ1) is 20.7. The summed E-state index contributed by atoms with van der Waals surface area (Å²) in [4.78, 5) is 13.8. The standard InChI is InChI=1S/C35H41IO7/c1-7-9-10-13-29(27(8-2)39-21-24-15-17-25(38-6)18-16-24)42-34(37)32-23(3)12-11-14-30(32)41-31-20-19-28-26(33(31)36)22-40-35(4,5)43-28/h8,11-12,14-20,27,29H,2,7,9-10,13,21-22H2,1,3-6H3/t27-,29+/m1/s1. The topological polar surface area (TPSA) is 72.5 Å². The molecule has 3 aromatic carbocycles. The fourth-order valence-electron chi connectivity index (χ4n) is 4.86. The lowest BCUT2D eigenvalue weighted by molar-refractivity contribution is -0.180. The maximum Gasteiger partial charge on any atom is 0.342 e. The number of esters is 1. The van der Waals surface area contributed by atoms with Gasteiger partial charge >= 0.3 is 5.97 Å². The fourth-order valence-corrected chi connectivity index (χ4v) is 5.57. The van der Waals surface area contributed by atoms with Gasteiger partial charge in [0.15, 0.2) is 0 Å². The summed E-state index contributed by atoms with van der Waals surface area (Å²) in [6.07, 6.45) is 4.34. The Morgan fingerprint density at radius 2 is 1.86 bits per heavy atom. The predicted octanol–water partition coefficient (Wildman–Crippen LogP) is 8.92. The number of fused-ring (bicyclic) bond motifs is 1. The van der Waals surface area contributed by atoms with Crippen LogP contribution in [-0.2, 0) is 27.4 Å². The first kappa shape index (κ1) is 32.8. The number of halogens is 1. The van der Waals surface area contributed by atoms with Gasteiger partial charge in [-0.2, -0.15) is 0 Å². The van der Waals surface area contributed by atoms with E-state index in [1.807, 2.05) is 69.3 Å². The number of ether oxygens (including phenoxy) is 6. The van der Waals surface area contributed by atoms with Crippen LogP contribution in [-0.4, -0.2) is 31.1 Å². The van der Waals surface area contributed by atoms with E-state index in [4.69, 9.17) is 28.4 Å². The third-order valence-corrected chi connectivity index (χ3v) is 8.48. The van der Waals surface area contributed by atoms with Crippen molar-refractivity contribution in [1.82, 2.24) is 0 Å². The summed E-state index contributed by atoms with van der Waals surface area (Å²) in [5, 5.41) is 0.